The largest absolute Gasteiger partial charge is 0.396 e. The summed E-state index contributed by atoms with van der Waals surface area (Å²) in [5, 5.41) is 19.4. The minimum absolute atomic E-state index is 0.546. The molecule has 6 aromatic heterocycles. The highest BCUT2D eigenvalue weighted by Gasteiger charge is 2.07. The molecule has 0 saturated heterocycles. The monoisotopic (exact) mass is 712 g/mol. The first-order valence-electron chi connectivity index (χ1n) is 9.95. The second kappa shape index (κ2) is 11.1. The van der Waals surface area contributed by atoms with Gasteiger partial charge in [0.25, 0.3) is 0 Å². The van der Waals surface area contributed by atoms with Gasteiger partial charge in [0.15, 0.2) is 11.3 Å². The normalized spacial score (nSPS) is 10.5. The van der Waals surface area contributed by atoms with Crippen LogP contribution in [0.5, 0.6) is 0 Å². The van der Waals surface area contributed by atoms with Crippen LogP contribution in [0.2, 0.25) is 0 Å². The van der Waals surface area contributed by atoms with Gasteiger partial charge >= 0.3 is 0 Å². The molecule has 0 atom stereocenters. The Morgan fingerprint density at radius 3 is 1.94 bits per heavy atom. The van der Waals surface area contributed by atoms with Crippen molar-refractivity contribution in [1.29, 1.82) is 0 Å². The predicted molar refractivity (Wildman–Crippen MR) is 148 cm³/mol. The fourth-order valence-electron chi connectivity index (χ4n) is 2.83. The quantitative estimate of drug-likeness (QED) is 0.257. The molecule has 180 valence electrons. The van der Waals surface area contributed by atoms with Crippen LogP contribution in [-0.4, -0.2) is 48.8 Å². The van der Waals surface area contributed by atoms with Gasteiger partial charge in [0.05, 0.1) is 32.7 Å². The fraction of sp³-hybridized carbons (Fsp3) is 0.100. The van der Waals surface area contributed by atoms with E-state index in [4.69, 9.17) is 5.73 Å². The number of rotatable bonds is 2. The second-order valence-electron chi connectivity index (χ2n) is 7.04. The molecule has 0 aliphatic heterocycles. The van der Waals surface area contributed by atoms with Gasteiger partial charge in [-0.15, -0.1) is 10.2 Å². The smallest absolute Gasteiger partial charge is 0.247 e. The van der Waals surface area contributed by atoms with E-state index < -0.39 is 0 Å². The number of halogens is 3. The van der Waals surface area contributed by atoms with Gasteiger partial charge < -0.3 is 11.1 Å². The molecule has 0 aliphatic rings. The van der Waals surface area contributed by atoms with E-state index >= 15 is 0 Å². The summed E-state index contributed by atoms with van der Waals surface area (Å²) in [4.78, 5) is 8.58. The van der Waals surface area contributed by atoms with Gasteiger partial charge in [-0.3, -0.25) is 9.36 Å². The van der Waals surface area contributed by atoms with E-state index in [1.54, 1.807) is 37.0 Å². The molecule has 6 heterocycles. The molecule has 0 unspecified atom stereocenters. The first-order chi connectivity index (χ1) is 16.8. The summed E-state index contributed by atoms with van der Waals surface area (Å²) in [5.41, 5.74) is 8.50. The zero-order valence-electron chi connectivity index (χ0n) is 18.5. The Kier molecular flexibility index (Phi) is 7.97. The molecule has 3 N–H and O–H groups in total. The van der Waals surface area contributed by atoms with E-state index in [0.717, 1.165) is 29.8 Å². The van der Waals surface area contributed by atoms with Gasteiger partial charge in [-0.25, -0.2) is 14.0 Å². The molecule has 15 heteroatoms. The van der Waals surface area contributed by atoms with Crippen LogP contribution in [0, 0.1) is 3.83 Å². The van der Waals surface area contributed by atoms with Gasteiger partial charge in [0, 0.05) is 61.5 Å². The van der Waals surface area contributed by atoms with Crippen molar-refractivity contribution < 1.29 is 0 Å². The molecular formula is C20H19Br2IN12. The summed E-state index contributed by atoms with van der Waals surface area (Å²) in [7, 11) is 3.69. The zero-order valence-corrected chi connectivity index (χ0v) is 23.8. The predicted octanol–water partition coefficient (Wildman–Crippen LogP) is 4.07. The lowest BCUT2D eigenvalue weighted by Gasteiger charge is -1.93. The zero-order chi connectivity index (χ0) is 24.9. The number of fused-ring (bicyclic) bond motifs is 2. The van der Waals surface area contributed by atoms with Gasteiger partial charge in [-0.05, 0) is 56.1 Å². The Hall–Kier alpha value is -3.05. The Balaban J connectivity index is 0.000000137. The highest BCUT2D eigenvalue weighted by Crippen LogP contribution is 2.19. The Morgan fingerprint density at radius 2 is 1.46 bits per heavy atom. The van der Waals surface area contributed by atoms with E-state index in [2.05, 4.69) is 90.1 Å². The summed E-state index contributed by atoms with van der Waals surface area (Å²) in [6.07, 6.45) is 10.7. The summed E-state index contributed by atoms with van der Waals surface area (Å²) in [6, 6.07) is 7.69. The third kappa shape index (κ3) is 6.55. The van der Waals surface area contributed by atoms with Gasteiger partial charge in [0.1, 0.15) is 0 Å². The number of anilines is 3. The Labute approximate surface area is 229 Å². The minimum Gasteiger partial charge on any atom is -0.396 e. The maximum absolute atomic E-state index is 5.30. The maximum Gasteiger partial charge on any atom is 0.247 e. The average Bonchev–Trinajstić information content (AvgIpc) is 3.58. The van der Waals surface area contributed by atoms with Gasteiger partial charge in [0.2, 0.25) is 9.78 Å². The number of nitrogens with one attached hydrogen (secondary N) is 1. The van der Waals surface area contributed by atoms with Crippen LogP contribution in [0.25, 0.3) is 11.3 Å². The molecule has 0 spiro atoms. The molecule has 0 aliphatic carbocycles. The first kappa shape index (κ1) is 25.1. The number of hydrogen-bond acceptors (Lipinski definition) is 8. The van der Waals surface area contributed by atoms with E-state index in [1.165, 1.54) is 0 Å². The highest BCUT2D eigenvalue weighted by atomic mass is 127. The molecule has 0 fully saturated rings. The topological polar surface area (TPSA) is 134 Å². The molecule has 6 rings (SSSR count). The van der Waals surface area contributed by atoms with Gasteiger partial charge in [-0.2, -0.15) is 15.2 Å². The van der Waals surface area contributed by atoms with Crippen molar-refractivity contribution in [2.24, 2.45) is 14.1 Å². The molecule has 0 saturated carbocycles. The number of aromatic nitrogens is 10. The van der Waals surface area contributed by atoms with Crippen molar-refractivity contribution >= 4 is 83.1 Å². The molecule has 0 amide bonds. The molecule has 0 bridgehead atoms. The van der Waals surface area contributed by atoms with Crippen molar-refractivity contribution in [3.05, 3.63) is 74.2 Å². The third-order valence-corrected chi connectivity index (χ3v) is 5.98. The number of nitrogens with two attached hydrogens (primary N) is 1. The lowest BCUT2D eigenvalue weighted by Crippen LogP contribution is -1.91. The van der Waals surface area contributed by atoms with E-state index in [-0.39, 0.29) is 0 Å². The van der Waals surface area contributed by atoms with Crippen LogP contribution in [0.1, 0.15) is 0 Å². The number of nitrogens with zero attached hydrogens (tertiary/aromatic N) is 10. The molecule has 6 aromatic rings. The molecule has 0 aromatic carbocycles. The first-order valence-corrected chi connectivity index (χ1v) is 12.6. The highest BCUT2D eigenvalue weighted by molar-refractivity contribution is 14.1. The molecule has 12 nitrogen and oxygen atoms in total. The van der Waals surface area contributed by atoms with Crippen molar-refractivity contribution in [3.8, 4) is 0 Å². The van der Waals surface area contributed by atoms with Crippen molar-refractivity contribution in [2.45, 2.75) is 0 Å². The lowest BCUT2D eigenvalue weighted by atomic mass is 10.5. The third-order valence-electron chi connectivity index (χ3n) is 4.29. The number of pyridine rings is 2. The van der Waals surface area contributed by atoms with E-state index in [1.807, 2.05) is 57.0 Å². The van der Waals surface area contributed by atoms with Crippen LogP contribution < -0.4 is 11.1 Å². The summed E-state index contributed by atoms with van der Waals surface area (Å²) >= 11 is 8.90. The summed E-state index contributed by atoms with van der Waals surface area (Å²) in [5.74, 6) is 0.546. The van der Waals surface area contributed by atoms with Crippen LogP contribution in [0.3, 0.4) is 0 Å². The van der Waals surface area contributed by atoms with Crippen molar-refractivity contribution in [3.63, 3.8) is 0 Å². The van der Waals surface area contributed by atoms with Crippen LogP contribution in [0.15, 0.2) is 70.4 Å². The second-order valence-corrected chi connectivity index (χ2v) is 9.71. The summed E-state index contributed by atoms with van der Waals surface area (Å²) in [6.45, 7) is 0. The van der Waals surface area contributed by atoms with Crippen molar-refractivity contribution in [2.75, 3.05) is 11.1 Å². The van der Waals surface area contributed by atoms with Gasteiger partial charge in [-0.1, -0.05) is 0 Å². The maximum atomic E-state index is 5.30. The van der Waals surface area contributed by atoms with E-state index in [9.17, 15) is 0 Å². The van der Waals surface area contributed by atoms with Crippen LogP contribution in [0.4, 0.5) is 17.3 Å². The molecule has 0 radical (unpaired) electrons. The van der Waals surface area contributed by atoms with E-state index in [0.29, 0.717) is 11.6 Å². The minimum atomic E-state index is 0.546. The SMILES string of the molecule is Brc1cccn2nc(I)nc12.Cn1cc(N)cn1.Cn1cc(Nc2nc3c(Br)cccn3n2)cn1. The molecule has 35 heavy (non-hydrogen) atoms. The summed E-state index contributed by atoms with van der Waals surface area (Å²) < 4.78 is 9.47. The average molecular weight is 714 g/mol. The standard InChI is InChI=1S/C10H9BrN6.C6H3BrIN3.C4H7N3/c1-16-6-7(5-12-16)13-10-14-9-8(11)3-2-4-17(9)15-10;7-4-2-1-3-11-5(4)9-6(8)10-11;1-7-3-4(5)2-6-7/h2-6H,1H3,(H,13,15);1-3H;2-3H,5H2,1H3. The van der Waals surface area contributed by atoms with Crippen LogP contribution >= 0.6 is 54.5 Å². The fourth-order valence-corrected chi connectivity index (χ4v) is 4.14. The number of aryl methyl sites for hydroxylation is 2. The van der Waals surface area contributed by atoms with Crippen LogP contribution in [-0.2, 0) is 14.1 Å². The number of nitrogen functional groups attached to an aromatic ring is 1. The Bertz CT molecular complexity index is 1550. The number of hydrogen-bond donors (Lipinski definition) is 2. The lowest BCUT2D eigenvalue weighted by molar-refractivity contribution is 0.768. The Morgan fingerprint density at radius 1 is 0.857 bits per heavy atom. The van der Waals surface area contributed by atoms with Crippen molar-refractivity contribution in [1.82, 2.24) is 48.8 Å². The molecular weight excluding hydrogens is 695 g/mol.